The van der Waals surface area contributed by atoms with Gasteiger partial charge in [0.15, 0.2) is 3.07 Å². The lowest BCUT2D eigenvalue weighted by Crippen LogP contribution is -2.14. The van der Waals surface area contributed by atoms with E-state index in [1.165, 1.54) is 24.9 Å². The molecule has 0 N–H and O–H groups in total. The highest BCUT2D eigenvalue weighted by atomic mass is 127. The SMILES string of the molecule is CCC[Si](I)(I)CCC. The Morgan fingerprint density at radius 3 is 1.56 bits per heavy atom. The molecule has 0 aromatic carbocycles. The zero-order chi connectivity index (χ0) is 7.33. The fourth-order valence-corrected chi connectivity index (χ4v) is 9.04. The molecule has 0 heterocycles. The average Bonchev–Trinajstić information content (AvgIpc) is 1.64. The maximum absolute atomic E-state index is 2.70. The molecule has 0 bridgehead atoms. The smallest absolute Gasteiger partial charge is 0.105 e. The minimum absolute atomic E-state index is 0.763. The summed E-state index contributed by atoms with van der Waals surface area (Å²) in [4.78, 5) is 0. The van der Waals surface area contributed by atoms with Crippen LogP contribution in [0, 0.1) is 0 Å². The van der Waals surface area contributed by atoms with E-state index in [0.717, 1.165) is 0 Å². The lowest BCUT2D eigenvalue weighted by Gasteiger charge is -2.14. The van der Waals surface area contributed by atoms with Crippen LogP contribution in [0.3, 0.4) is 0 Å². The molecular formula is C6H14I2Si. The zero-order valence-electron chi connectivity index (χ0n) is 6.08. The van der Waals surface area contributed by atoms with Gasteiger partial charge < -0.3 is 0 Å². The van der Waals surface area contributed by atoms with Crippen LogP contribution < -0.4 is 0 Å². The minimum atomic E-state index is -0.763. The molecule has 0 saturated heterocycles. The van der Waals surface area contributed by atoms with Crippen LogP contribution in [0.4, 0.5) is 0 Å². The fraction of sp³-hybridized carbons (Fsp3) is 1.00. The van der Waals surface area contributed by atoms with Crippen LogP contribution in [0.2, 0.25) is 12.1 Å². The molecule has 0 aliphatic carbocycles. The predicted molar refractivity (Wildman–Crippen MR) is 64.0 cm³/mol. The standard InChI is InChI=1S/C6H14I2Si/c1-3-5-9(7,8)6-4-2/h3-6H2,1-2H3. The lowest BCUT2D eigenvalue weighted by atomic mass is 10.6. The quantitative estimate of drug-likeness (QED) is 0.398. The molecule has 0 aliphatic rings. The van der Waals surface area contributed by atoms with Crippen LogP contribution in [0.25, 0.3) is 0 Å². The van der Waals surface area contributed by atoms with Gasteiger partial charge in [-0.3, -0.25) is 0 Å². The summed E-state index contributed by atoms with van der Waals surface area (Å²) in [7, 11) is 0. The third-order valence-electron chi connectivity index (χ3n) is 1.23. The van der Waals surface area contributed by atoms with E-state index < -0.39 is 3.07 Å². The Labute approximate surface area is 84.6 Å². The molecule has 56 valence electrons. The predicted octanol–water partition coefficient (Wildman–Crippen LogP) is 4.12. The van der Waals surface area contributed by atoms with Gasteiger partial charge in [-0.25, -0.2) is 0 Å². The Bertz CT molecular complexity index is 65.5. The third kappa shape index (κ3) is 6.09. The largest absolute Gasteiger partial charge is 0.191 e. The Morgan fingerprint density at radius 1 is 1.00 bits per heavy atom. The molecule has 0 atom stereocenters. The van der Waals surface area contributed by atoms with Crippen LogP contribution in [0.5, 0.6) is 0 Å². The molecule has 0 fully saturated rings. The summed E-state index contributed by atoms with van der Waals surface area (Å²) >= 11 is 5.40. The van der Waals surface area contributed by atoms with Crippen molar-refractivity contribution in [3.8, 4) is 0 Å². The minimum Gasteiger partial charge on any atom is -0.105 e. The molecule has 0 aromatic rings. The highest BCUT2D eigenvalue weighted by molar-refractivity contribution is 14.3. The zero-order valence-corrected chi connectivity index (χ0v) is 11.4. The molecule has 0 radical (unpaired) electrons. The second-order valence-electron chi connectivity index (χ2n) is 2.36. The second kappa shape index (κ2) is 5.34. The van der Waals surface area contributed by atoms with Crippen molar-refractivity contribution in [2.45, 2.75) is 38.8 Å². The van der Waals surface area contributed by atoms with Crippen molar-refractivity contribution in [1.29, 1.82) is 0 Å². The van der Waals surface area contributed by atoms with E-state index >= 15 is 0 Å². The summed E-state index contributed by atoms with van der Waals surface area (Å²) in [5.74, 6) is 0. The highest BCUT2D eigenvalue weighted by Crippen LogP contribution is 2.33. The van der Waals surface area contributed by atoms with Crippen LogP contribution >= 0.6 is 43.6 Å². The van der Waals surface area contributed by atoms with Crippen LogP contribution in [0.1, 0.15) is 26.7 Å². The van der Waals surface area contributed by atoms with E-state index in [0.29, 0.717) is 0 Å². The van der Waals surface area contributed by atoms with E-state index in [1.807, 2.05) is 0 Å². The van der Waals surface area contributed by atoms with Gasteiger partial charge in [0.05, 0.1) is 0 Å². The Balaban J connectivity index is 3.43. The van der Waals surface area contributed by atoms with Gasteiger partial charge in [0.2, 0.25) is 0 Å². The monoisotopic (exact) mass is 368 g/mol. The Hall–Kier alpha value is 1.68. The van der Waals surface area contributed by atoms with Gasteiger partial charge in [-0.05, 0) is 12.1 Å². The fourth-order valence-electron chi connectivity index (χ4n) is 0.857. The maximum Gasteiger partial charge on any atom is 0.191 e. The molecule has 0 rings (SSSR count). The molecule has 0 spiro atoms. The molecular weight excluding hydrogens is 354 g/mol. The van der Waals surface area contributed by atoms with Crippen LogP contribution in [0.15, 0.2) is 0 Å². The first-order valence-electron chi connectivity index (χ1n) is 3.50. The second-order valence-corrected chi connectivity index (χ2v) is 23.6. The van der Waals surface area contributed by atoms with Crippen molar-refractivity contribution >= 4 is 46.7 Å². The van der Waals surface area contributed by atoms with E-state index in [-0.39, 0.29) is 0 Å². The first kappa shape index (κ1) is 10.7. The molecule has 0 aromatic heterocycles. The number of hydrogen-bond acceptors (Lipinski definition) is 0. The van der Waals surface area contributed by atoms with Crippen molar-refractivity contribution < 1.29 is 0 Å². The molecule has 3 heteroatoms. The third-order valence-corrected chi connectivity index (χ3v) is 10.2. The number of hydrogen-bond donors (Lipinski definition) is 0. The van der Waals surface area contributed by atoms with Gasteiger partial charge >= 0.3 is 0 Å². The van der Waals surface area contributed by atoms with Crippen molar-refractivity contribution in [3.05, 3.63) is 0 Å². The van der Waals surface area contributed by atoms with Gasteiger partial charge in [-0.15, -0.1) is 43.6 Å². The first-order valence-corrected chi connectivity index (χ1v) is 12.1. The van der Waals surface area contributed by atoms with Crippen molar-refractivity contribution in [2.24, 2.45) is 0 Å². The molecule has 0 amide bonds. The van der Waals surface area contributed by atoms with E-state index in [1.54, 1.807) is 0 Å². The molecule has 0 nitrogen and oxygen atoms in total. The summed E-state index contributed by atoms with van der Waals surface area (Å²) < 4.78 is -0.763. The van der Waals surface area contributed by atoms with Gasteiger partial charge in [0.25, 0.3) is 0 Å². The summed E-state index contributed by atoms with van der Waals surface area (Å²) in [5.41, 5.74) is 0. The van der Waals surface area contributed by atoms with Crippen molar-refractivity contribution in [3.63, 3.8) is 0 Å². The summed E-state index contributed by atoms with van der Waals surface area (Å²) in [6, 6.07) is 2.98. The Kier molecular flexibility index (Phi) is 6.34. The van der Waals surface area contributed by atoms with E-state index in [9.17, 15) is 0 Å². The highest BCUT2D eigenvalue weighted by Gasteiger charge is 2.22. The van der Waals surface area contributed by atoms with Gasteiger partial charge in [-0.2, -0.15) is 0 Å². The maximum atomic E-state index is 2.70. The van der Waals surface area contributed by atoms with Gasteiger partial charge in [0, 0.05) is 0 Å². The van der Waals surface area contributed by atoms with Gasteiger partial charge in [-0.1, -0.05) is 26.7 Å². The van der Waals surface area contributed by atoms with E-state index in [2.05, 4.69) is 57.4 Å². The van der Waals surface area contributed by atoms with Crippen LogP contribution in [-0.4, -0.2) is 3.07 Å². The molecule has 0 saturated carbocycles. The van der Waals surface area contributed by atoms with Crippen molar-refractivity contribution in [1.82, 2.24) is 0 Å². The Morgan fingerprint density at radius 2 is 1.33 bits per heavy atom. The van der Waals surface area contributed by atoms with Crippen LogP contribution in [-0.2, 0) is 0 Å². The summed E-state index contributed by atoms with van der Waals surface area (Å²) in [5, 5.41) is 0. The van der Waals surface area contributed by atoms with E-state index in [4.69, 9.17) is 0 Å². The topological polar surface area (TPSA) is 0 Å². The summed E-state index contributed by atoms with van der Waals surface area (Å²) in [6.45, 7) is 4.57. The average molecular weight is 368 g/mol. The normalized spacial score (nSPS) is 12.0. The molecule has 9 heavy (non-hydrogen) atoms. The number of halogens is 2. The lowest BCUT2D eigenvalue weighted by molar-refractivity contribution is 1.02. The summed E-state index contributed by atoms with van der Waals surface area (Å²) in [6.07, 6.45) is 2.75. The first-order chi connectivity index (χ1) is 4.12. The number of rotatable bonds is 4. The van der Waals surface area contributed by atoms with Crippen molar-refractivity contribution in [2.75, 3.05) is 0 Å². The molecule has 0 aliphatic heterocycles. The molecule has 0 unspecified atom stereocenters. The van der Waals surface area contributed by atoms with Gasteiger partial charge in [0.1, 0.15) is 0 Å².